The number of aromatic nitrogens is 1. The van der Waals surface area contributed by atoms with Gasteiger partial charge in [-0.25, -0.2) is 4.98 Å². The van der Waals surface area contributed by atoms with Gasteiger partial charge >= 0.3 is 0 Å². The molecule has 1 N–H and O–H groups in total. The van der Waals surface area contributed by atoms with E-state index >= 15 is 0 Å². The van der Waals surface area contributed by atoms with Crippen LogP contribution in [0.2, 0.25) is 0 Å². The molecule has 4 heteroatoms. The molecular weight excluding hydrogens is 234 g/mol. The van der Waals surface area contributed by atoms with Crippen molar-refractivity contribution in [3.8, 4) is 0 Å². The molecule has 2 unspecified atom stereocenters. The smallest absolute Gasteiger partial charge is 0.123 e. The van der Waals surface area contributed by atoms with Gasteiger partial charge in [0.05, 0.1) is 16.7 Å². The van der Waals surface area contributed by atoms with Crippen LogP contribution in [0.15, 0.2) is 0 Å². The topological polar surface area (TPSA) is 42.4 Å². The zero-order valence-electron chi connectivity index (χ0n) is 11.6. The molecule has 0 aliphatic heterocycles. The minimum Gasteiger partial charge on any atom is -0.388 e. The zero-order chi connectivity index (χ0) is 13.2. The molecule has 0 saturated heterocycles. The summed E-state index contributed by atoms with van der Waals surface area (Å²) in [7, 11) is 0. The first-order valence-electron chi connectivity index (χ1n) is 6.04. The standard InChI is InChI=1S/C13H23NO2S/c1-7-16-11(13(4,5)6)12-14-8(2)10(17-12)9(3)15/h9,11,15H,7H2,1-6H3. The second-order valence-electron chi connectivity index (χ2n) is 5.38. The molecule has 0 aromatic carbocycles. The molecule has 1 aromatic heterocycles. The average molecular weight is 257 g/mol. The van der Waals surface area contributed by atoms with Gasteiger partial charge in [0, 0.05) is 6.61 Å². The van der Waals surface area contributed by atoms with E-state index < -0.39 is 6.10 Å². The van der Waals surface area contributed by atoms with E-state index in [0.717, 1.165) is 15.6 Å². The minimum absolute atomic E-state index is 0.0102. The van der Waals surface area contributed by atoms with Crippen molar-refractivity contribution in [2.24, 2.45) is 5.41 Å². The Morgan fingerprint density at radius 3 is 2.35 bits per heavy atom. The summed E-state index contributed by atoms with van der Waals surface area (Å²) in [4.78, 5) is 5.49. The first-order valence-corrected chi connectivity index (χ1v) is 6.86. The van der Waals surface area contributed by atoms with Gasteiger partial charge in [0.1, 0.15) is 11.1 Å². The van der Waals surface area contributed by atoms with Crippen LogP contribution in [-0.4, -0.2) is 16.7 Å². The van der Waals surface area contributed by atoms with Crippen molar-refractivity contribution in [3.05, 3.63) is 15.6 Å². The number of rotatable bonds is 4. The van der Waals surface area contributed by atoms with Gasteiger partial charge < -0.3 is 9.84 Å². The van der Waals surface area contributed by atoms with Gasteiger partial charge in [0.15, 0.2) is 0 Å². The van der Waals surface area contributed by atoms with Crippen LogP contribution in [-0.2, 0) is 4.74 Å². The fourth-order valence-electron chi connectivity index (χ4n) is 1.79. The molecule has 98 valence electrons. The van der Waals surface area contributed by atoms with Crippen molar-refractivity contribution < 1.29 is 9.84 Å². The van der Waals surface area contributed by atoms with Crippen molar-refractivity contribution in [3.63, 3.8) is 0 Å². The van der Waals surface area contributed by atoms with Crippen LogP contribution >= 0.6 is 11.3 Å². The highest BCUT2D eigenvalue weighted by molar-refractivity contribution is 7.11. The molecule has 0 spiro atoms. The Morgan fingerprint density at radius 2 is 2.00 bits per heavy atom. The van der Waals surface area contributed by atoms with Gasteiger partial charge in [0.25, 0.3) is 0 Å². The molecule has 0 fully saturated rings. The number of aryl methyl sites for hydroxylation is 1. The number of aliphatic hydroxyl groups excluding tert-OH is 1. The number of ether oxygens (including phenoxy) is 1. The van der Waals surface area contributed by atoms with E-state index in [1.165, 1.54) is 0 Å². The van der Waals surface area contributed by atoms with E-state index in [0.29, 0.717) is 6.61 Å². The molecule has 1 aromatic rings. The number of hydrogen-bond acceptors (Lipinski definition) is 4. The van der Waals surface area contributed by atoms with E-state index in [2.05, 4.69) is 25.8 Å². The summed E-state index contributed by atoms with van der Waals surface area (Å²) in [5.41, 5.74) is 0.921. The van der Waals surface area contributed by atoms with Crippen LogP contribution in [0.1, 0.15) is 62.4 Å². The predicted molar refractivity (Wildman–Crippen MR) is 71.3 cm³/mol. The monoisotopic (exact) mass is 257 g/mol. The van der Waals surface area contributed by atoms with E-state index in [1.807, 2.05) is 13.8 Å². The lowest BCUT2D eigenvalue weighted by Crippen LogP contribution is -2.21. The molecule has 2 atom stereocenters. The van der Waals surface area contributed by atoms with Crippen molar-refractivity contribution in [1.82, 2.24) is 4.98 Å². The molecule has 0 saturated carbocycles. The van der Waals surface area contributed by atoms with Gasteiger partial charge in [-0.2, -0.15) is 0 Å². The van der Waals surface area contributed by atoms with E-state index in [4.69, 9.17) is 4.74 Å². The molecule has 1 rings (SSSR count). The Labute approximate surface area is 108 Å². The van der Waals surface area contributed by atoms with Crippen molar-refractivity contribution in [2.45, 2.75) is 53.8 Å². The van der Waals surface area contributed by atoms with Crippen LogP contribution in [0.4, 0.5) is 0 Å². The minimum atomic E-state index is -0.455. The van der Waals surface area contributed by atoms with Crippen LogP contribution < -0.4 is 0 Å². The molecule has 17 heavy (non-hydrogen) atoms. The molecule has 0 radical (unpaired) electrons. The van der Waals surface area contributed by atoms with Gasteiger partial charge in [-0.1, -0.05) is 20.8 Å². The molecule has 0 aliphatic rings. The van der Waals surface area contributed by atoms with E-state index in [9.17, 15) is 5.11 Å². The number of hydrogen-bond donors (Lipinski definition) is 1. The summed E-state index contributed by atoms with van der Waals surface area (Å²) in [5.74, 6) is 0. The molecular formula is C13H23NO2S. The Kier molecular flexibility index (Phi) is 4.69. The maximum atomic E-state index is 9.66. The molecule has 0 aliphatic carbocycles. The van der Waals surface area contributed by atoms with Crippen molar-refractivity contribution in [2.75, 3.05) is 6.61 Å². The summed E-state index contributed by atoms with van der Waals surface area (Å²) >= 11 is 1.56. The van der Waals surface area contributed by atoms with Crippen LogP contribution in [0.3, 0.4) is 0 Å². The lowest BCUT2D eigenvalue weighted by molar-refractivity contribution is -0.0134. The third-order valence-electron chi connectivity index (χ3n) is 2.57. The van der Waals surface area contributed by atoms with E-state index in [1.54, 1.807) is 18.3 Å². The largest absolute Gasteiger partial charge is 0.388 e. The Balaban J connectivity index is 3.07. The van der Waals surface area contributed by atoms with Crippen LogP contribution in [0, 0.1) is 12.3 Å². The highest BCUT2D eigenvalue weighted by Crippen LogP contribution is 2.39. The first kappa shape index (κ1) is 14.6. The Bertz CT molecular complexity index is 366. The second-order valence-corrected chi connectivity index (χ2v) is 6.44. The summed E-state index contributed by atoms with van der Waals surface area (Å²) in [6.45, 7) is 12.8. The molecule has 3 nitrogen and oxygen atoms in total. The summed E-state index contributed by atoms with van der Waals surface area (Å²) < 4.78 is 5.81. The lowest BCUT2D eigenvalue weighted by Gasteiger charge is -2.28. The Hall–Kier alpha value is -0.450. The molecule has 0 bridgehead atoms. The molecule has 0 amide bonds. The summed E-state index contributed by atoms with van der Waals surface area (Å²) in [6, 6.07) is 0. The quantitative estimate of drug-likeness (QED) is 0.895. The number of nitrogens with zero attached hydrogens (tertiary/aromatic N) is 1. The molecule has 1 heterocycles. The highest BCUT2D eigenvalue weighted by atomic mass is 32.1. The van der Waals surface area contributed by atoms with Gasteiger partial charge in [-0.3, -0.25) is 0 Å². The third kappa shape index (κ3) is 3.50. The van der Waals surface area contributed by atoms with Crippen molar-refractivity contribution in [1.29, 1.82) is 0 Å². The second kappa shape index (κ2) is 5.46. The maximum Gasteiger partial charge on any atom is 0.123 e. The fourth-order valence-corrected chi connectivity index (χ4v) is 3.09. The van der Waals surface area contributed by atoms with Crippen LogP contribution in [0.5, 0.6) is 0 Å². The van der Waals surface area contributed by atoms with Gasteiger partial charge in [-0.05, 0) is 26.2 Å². The summed E-state index contributed by atoms with van der Waals surface area (Å²) in [6.07, 6.45) is -0.466. The van der Waals surface area contributed by atoms with Gasteiger partial charge in [0.2, 0.25) is 0 Å². The van der Waals surface area contributed by atoms with Crippen LogP contribution in [0.25, 0.3) is 0 Å². The average Bonchev–Trinajstić information content (AvgIpc) is 2.54. The lowest BCUT2D eigenvalue weighted by atomic mass is 9.89. The number of thiazole rings is 1. The third-order valence-corrected chi connectivity index (χ3v) is 3.94. The fraction of sp³-hybridized carbons (Fsp3) is 0.769. The predicted octanol–water partition coefficient (Wildman–Crippen LogP) is 3.63. The van der Waals surface area contributed by atoms with E-state index in [-0.39, 0.29) is 11.5 Å². The first-order chi connectivity index (χ1) is 7.77. The highest BCUT2D eigenvalue weighted by Gasteiger charge is 2.30. The zero-order valence-corrected chi connectivity index (χ0v) is 12.4. The normalized spacial score (nSPS) is 15.9. The van der Waals surface area contributed by atoms with Gasteiger partial charge in [-0.15, -0.1) is 11.3 Å². The summed E-state index contributed by atoms with van der Waals surface area (Å²) in [5, 5.41) is 10.6. The number of aliphatic hydroxyl groups is 1. The maximum absolute atomic E-state index is 9.66. The SMILES string of the molecule is CCOC(c1nc(C)c(C(C)O)s1)C(C)(C)C. The van der Waals surface area contributed by atoms with Crippen molar-refractivity contribution >= 4 is 11.3 Å². The Morgan fingerprint density at radius 1 is 1.41 bits per heavy atom.